The molecule has 0 aliphatic carbocycles. The topological polar surface area (TPSA) is 103 Å². The largest absolute Gasteiger partial charge is 0.370 e. The van der Waals surface area contributed by atoms with Gasteiger partial charge in [-0.15, -0.1) is 0 Å². The van der Waals surface area contributed by atoms with Gasteiger partial charge in [-0.05, 0) is 25.7 Å². The number of fused-ring (bicyclic) bond motifs is 1. The van der Waals surface area contributed by atoms with Gasteiger partial charge >= 0.3 is 0 Å². The van der Waals surface area contributed by atoms with Crippen LogP contribution in [-0.2, 0) is 41.9 Å². The Labute approximate surface area is 181 Å². The summed E-state index contributed by atoms with van der Waals surface area (Å²) < 4.78 is 37.0. The molecule has 3 aliphatic rings. The smallest absolute Gasteiger partial charge is 0.274 e. The number of ether oxygens (including phenoxy) is 1. The Balaban J connectivity index is 1.32. The second-order valence-corrected chi connectivity index (χ2v) is 10.7. The van der Waals surface area contributed by atoms with Gasteiger partial charge in [-0.1, -0.05) is 0 Å². The number of carbonyl (C=O) groups is 1. The number of imidazole rings is 1. The summed E-state index contributed by atoms with van der Waals surface area (Å²) in [6.07, 6.45) is 6.93. The number of sulfonamides is 1. The predicted molar refractivity (Wildman–Crippen MR) is 111 cm³/mol. The summed E-state index contributed by atoms with van der Waals surface area (Å²) in [4.78, 5) is 18.8. The number of nitrogens with zero attached hydrogens (tertiary/aromatic N) is 6. The summed E-state index contributed by atoms with van der Waals surface area (Å²) in [6.45, 7) is 2.67. The number of aromatic nitrogens is 4. The number of carbonyl (C=O) groups excluding carboxylic acids is 1. The lowest BCUT2D eigenvalue weighted by Gasteiger charge is -2.43. The number of amides is 1. The van der Waals surface area contributed by atoms with Crippen molar-refractivity contribution in [2.45, 2.75) is 49.3 Å². The van der Waals surface area contributed by atoms with E-state index in [0.29, 0.717) is 44.7 Å². The van der Waals surface area contributed by atoms with Crippen LogP contribution in [0.3, 0.4) is 0 Å². The van der Waals surface area contributed by atoms with Gasteiger partial charge in [0.2, 0.25) is 0 Å². The molecule has 0 bridgehead atoms. The third-order valence-corrected chi connectivity index (χ3v) is 8.59. The van der Waals surface area contributed by atoms with E-state index in [9.17, 15) is 13.2 Å². The molecule has 0 radical (unpaired) electrons. The summed E-state index contributed by atoms with van der Waals surface area (Å²) >= 11 is 0. The molecule has 1 spiro atoms. The predicted octanol–water partition coefficient (Wildman–Crippen LogP) is 0.686. The zero-order valence-corrected chi connectivity index (χ0v) is 18.8. The lowest BCUT2D eigenvalue weighted by Crippen LogP contribution is -2.50. The molecule has 5 heterocycles. The minimum absolute atomic E-state index is 0.00910. The zero-order valence-electron chi connectivity index (χ0n) is 18.0. The van der Waals surface area contributed by atoms with E-state index in [2.05, 4.69) is 10.1 Å². The summed E-state index contributed by atoms with van der Waals surface area (Å²) in [5.41, 5.74) is 1.98. The Hall–Kier alpha value is -2.24. The van der Waals surface area contributed by atoms with Crippen molar-refractivity contribution in [1.29, 1.82) is 0 Å². The van der Waals surface area contributed by atoms with E-state index in [4.69, 9.17) is 4.74 Å². The van der Waals surface area contributed by atoms with E-state index in [1.165, 1.54) is 16.8 Å². The van der Waals surface area contributed by atoms with Gasteiger partial charge in [0.15, 0.2) is 10.7 Å². The molecule has 2 fully saturated rings. The highest BCUT2D eigenvalue weighted by Gasteiger charge is 2.44. The number of hydrogen-bond acceptors (Lipinski definition) is 6. The maximum absolute atomic E-state index is 12.9. The molecule has 31 heavy (non-hydrogen) atoms. The third-order valence-electron chi connectivity index (χ3n) is 6.80. The Morgan fingerprint density at radius 1 is 1.13 bits per heavy atom. The van der Waals surface area contributed by atoms with E-state index in [0.717, 1.165) is 37.2 Å². The van der Waals surface area contributed by atoms with Gasteiger partial charge in [0, 0.05) is 64.1 Å². The first kappa shape index (κ1) is 20.7. The van der Waals surface area contributed by atoms with Gasteiger partial charge in [-0.2, -0.15) is 9.40 Å². The van der Waals surface area contributed by atoms with Crippen LogP contribution in [0.5, 0.6) is 0 Å². The molecule has 1 amide bonds. The molecule has 168 valence electrons. The minimum Gasteiger partial charge on any atom is -0.370 e. The first-order valence-corrected chi connectivity index (χ1v) is 12.2. The molecule has 0 unspecified atom stereocenters. The number of likely N-dealkylation sites (tertiary alicyclic amines) is 1. The van der Waals surface area contributed by atoms with Crippen LogP contribution in [0.1, 0.15) is 47.4 Å². The SMILES string of the molecule is Cn1cnc(S(=O)(=O)N2CCC3(CC2)Cc2c(c(C(=O)N4CCCC4)nn2C)CO3)c1. The van der Waals surface area contributed by atoms with Crippen molar-refractivity contribution in [3.8, 4) is 0 Å². The lowest BCUT2D eigenvalue weighted by molar-refractivity contribution is -0.0951. The average Bonchev–Trinajstić information content (AvgIpc) is 3.49. The highest BCUT2D eigenvalue weighted by molar-refractivity contribution is 7.89. The highest BCUT2D eigenvalue weighted by atomic mass is 32.2. The Kier molecular flexibility index (Phi) is 4.94. The molecular formula is C20H28N6O4S. The Morgan fingerprint density at radius 3 is 2.48 bits per heavy atom. The summed E-state index contributed by atoms with van der Waals surface area (Å²) in [6, 6.07) is 0. The standard InChI is InChI=1S/C20H28N6O4S/c1-23-12-17(21-14-23)31(28,29)26-9-5-20(6-10-26)11-16-15(13-30-20)18(22-24(16)2)19(27)25-7-3-4-8-25/h12,14H,3-11,13H2,1-2H3. The summed E-state index contributed by atoms with van der Waals surface area (Å²) in [7, 11) is 0.0218. The summed E-state index contributed by atoms with van der Waals surface area (Å²) in [5, 5.41) is 4.62. The summed E-state index contributed by atoms with van der Waals surface area (Å²) in [5.74, 6) is -0.00910. The number of piperidine rings is 1. The second-order valence-electron chi connectivity index (χ2n) is 8.83. The van der Waals surface area contributed by atoms with Crippen molar-refractivity contribution < 1.29 is 17.9 Å². The molecule has 5 rings (SSSR count). The van der Waals surface area contributed by atoms with Gasteiger partial charge in [0.25, 0.3) is 15.9 Å². The highest BCUT2D eigenvalue weighted by Crippen LogP contribution is 2.38. The fourth-order valence-electron chi connectivity index (χ4n) is 4.91. The van der Waals surface area contributed by atoms with E-state index in [-0.39, 0.29) is 10.9 Å². The lowest BCUT2D eigenvalue weighted by atomic mass is 9.84. The van der Waals surface area contributed by atoms with Gasteiger partial charge in [0.05, 0.1) is 18.5 Å². The average molecular weight is 449 g/mol. The van der Waals surface area contributed by atoms with E-state index < -0.39 is 15.6 Å². The normalized spacial score (nSPS) is 21.5. The quantitative estimate of drug-likeness (QED) is 0.684. The maximum atomic E-state index is 12.9. The van der Waals surface area contributed by atoms with Crippen molar-refractivity contribution in [3.05, 3.63) is 29.5 Å². The Morgan fingerprint density at radius 2 is 1.84 bits per heavy atom. The van der Waals surface area contributed by atoms with Gasteiger partial charge in [0.1, 0.15) is 0 Å². The molecule has 0 saturated carbocycles. The monoisotopic (exact) mass is 448 g/mol. The third kappa shape index (κ3) is 3.48. The molecule has 10 nitrogen and oxygen atoms in total. The van der Waals surface area contributed by atoms with Crippen molar-refractivity contribution >= 4 is 15.9 Å². The molecule has 0 atom stereocenters. The number of aryl methyl sites for hydroxylation is 2. The fourth-order valence-corrected chi connectivity index (χ4v) is 6.32. The van der Waals surface area contributed by atoms with Crippen molar-refractivity contribution in [3.63, 3.8) is 0 Å². The van der Waals surface area contributed by atoms with Gasteiger partial charge in [-0.3, -0.25) is 9.48 Å². The van der Waals surface area contributed by atoms with Crippen LogP contribution < -0.4 is 0 Å². The van der Waals surface area contributed by atoms with E-state index >= 15 is 0 Å². The maximum Gasteiger partial charge on any atom is 0.274 e. The second kappa shape index (κ2) is 7.42. The molecule has 2 aromatic rings. The fraction of sp³-hybridized carbons (Fsp3) is 0.650. The molecule has 0 N–H and O–H groups in total. The van der Waals surface area contributed by atoms with Gasteiger partial charge in [-0.25, -0.2) is 13.4 Å². The molecule has 3 aliphatic heterocycles. The molecule has 11 heteroatoms. The minimum atomic E-state index is -3.60. The van der Waals surface area contributed by atoms with Gasteiger partial charge < -0.3 is 14.2 Å². The van der Waals surface area contributed by atoms with Crippen LogP contribution in [-0.4, -0.2) is 74.6 Å². The first-order chi connectivity index (χ1) is 14.8. The molecule has 0 aromatic carbocycles. The van der Waals surface area contributed by atoms with Crippen LogP contribution in [0.25, 0.3) is 0 Å². The van der Waals surface area contributed by atoms with Crippen LogP contribution in [0.2, 0.25) is 0 Å². The zero-order chi connectivity index (χ0) is 21.8. The molecule has 2 aromatic heterocycles. The molecule has 2 saturated heterocycles. The van der Waals surface area contributed by atoms with Crippen LogP contribution >= 0.6 is 0 Å². The van der Waals surface area contributed by atoms with Crippen molar-refractivity contribution in [2.75, 3.05) is 26.2 Å². The van der Waals surface area contributed by atoms with Crippen LogP contribution in [0.4, 0.5) is 0 Å². The van der Waals surface area contributed by atoms with E-state index in [1.54, 1.807) is 16.3 Å². The first-order valence-electron chi connectivity index (χ1n) is 10.8. The van der Waals surface area contributed by atoms with Crippen molar-refractivity contribution in [2.24, 2.45) is 14.1 Å². The van der Waals surface area contributed by atoms with Crippen molar-refractivity contribution in [1.82, 2.24) is 28.5 Å². The van der Waals surface area contributed by atoms with E-state index in [1.807, 2.05) is 11.9 Å². The number of hydrogen-bond donors (Lipinski definition) is 0. The number of rotatable bonds is 3. The molecular weight excluding hydrogens is 420 g/mol. The van der Waals surface area contributed by atoms with Crippen LogP contribution in [0, 0.1) is 0 Å². The Bertz CT molecular complexity index is 1110. The van der Waals surface area contributed by atoms with Crippen LogP contribution in [0.15, 0.2) is 17.6 Å².